The van der Waals surface area contributed by atoms with Gasteiger partial charge in [-0.05, 0) is 36.2 Å². The first-order valence-corrected chi connectivity index (χ1v) is 9.78. The van der Waals surface area contributed by atoms with E-state index < -0.39 is 0 Å². The third-order valence-corrected chi connectivity index (χ3v) is 4.77. The number of carbonyl (C=O) groups excluding carboxylic acids is 1. The van der Waals surface area contributed by atoms with E-state index in [1.165, 1.54) is 11.8 Å². The van der Waals surface area contributed by atoms with Crippen LogP contribution in [0.25, 0.3) is 5.69 Å². The summed E-state index contributed by atoms with van der Waals surface area (Å²) in [6.45, 7) is 2.79. The molecule has 0 bridgehead atoms. The number of benzene rings is 2. The van der Waals surface area contributed by atoms with Crippen LogP contribution in [0.4, 0.5) is 0 Å². The molecule has 0 unspecified atom stereocenters. The van der Waals surface area contributed by atoms with Gasteiger partial charge in [0.1, 0.15) is 11.6 Å². The molecule has 0 saturated heterocycles. The number of ether oxygens (including phenoxy) is 1. The number of hydrogen-bond donors (Lipinski definition) is 1. The summed E-state index contributed by atoms with van der Waals surface area (Å²) in [6.07, 6.45) is 1.60. The molecule has 2 aromatic carbocycles. The quantitative estimate of drug-likeness (QED) is 0.575. The first-order chi connectivity index (χ1) is 13.2. The van der Waals surface area contributed by atoms with E-state index in [9.17, 15) is 4.79 Å². The molecule has 0 atom stereocenters. The minimum atomic E-state index is -0.383. The lowest BCUT2D eigenvalue weighted by Crippen LogP contribution is -2.14. The van der Waals surface area contributed by atoms with Crippen LogP contribution in [0.3, 0.4) is 0 Å². The molecule has 2 N–H and O–H groups in total. The Morgan fingerprint density at radius 1 is 1.11 bits per heavy atom. The summed E-state index contributed by atoms with van der Waals surface area (Å²) in [4.78, 5) is 11.2. The standard InChI is InChI=1S/C20H22N4O2S/c1-2-12-26-17-10-8-15(9-11-17)13-19-22-23-20(27-14-18(21)25)24(19)16-6-4-3-5-7-16/h3-11H,2,12-14H2,1H3,(H2,21,25). The van der Waals surface area contributed by atoms with Gasteiger partial charge in [-0.1, -0.05) is 49.0 Å². The van der Waals surface area contributed by atoms with Gasteiger partial charge < -0.3 is 10.5 Å². The van der Waals surface area contributed by atoms with Crippen LogP contribution in [-0.2, 0) is 11.2 Å². The average Bonchev–Trinajstić information content (AvgIpc) is 3.09. The molecule has 0 spiro atoms. The van der Waals surface area contributed by atoms with Crippen molar-refractivity contribution < 1.29 is 9.53 Å². The van der Waals surface area contributed by atoms with Gasteiger partial charge in [0.15, 0.2) is 5.16 Å². The van der Waals surface area contributed by atoms with Crippen LogP contribution < -0.4 is 10.5 Å². The van der Waals surface area contributed by atoms with E-state index in [4.69, 9.17) is 10.5 Å². The zero-order chi connectivity index (χ0) is 19.1. The second-order valence-electron chi connectivity index (χ2n) is 5.99. The number of primary amides is 1. The monoisotopic (exact) mass is 382 g/mol. The molecule has 0 aliphatic rings. The fourth-order valence-electron chi connectivity index (χ4n) is 2.59. The van der Waals surface area contributed by atoms with Gasteiger partial charge in [0.05, 0.1) is 12.4 Å². The molecule has 0 saturated carbocycles. The van der Waals surface area contributed by atoms with Crippen molar-refractivity contribution in [1.29, 1.82) is 0 Å². The molecule has 140 valence electrons. The van der Waals surface area contributed by atoms with Crippen molar-refractivity contribution in [3.8, 4) is 11.4 Å². The molecule has 1 aromatic heterocycles. The molecule has 0 aliphatic heterocycles. The van der Waals surface area contributed by atoms with E-state index in [1.807, 2.05) is 59.2 Å². The zero-order valence-corrected chi connectivity index (χ0v) is 16.0. The normalized spacial score (nSPS) is 10.7. The number of amides is 1. The highest BCUT2D eigenvalue weighted by atomic mass is 32.2. The number of carbonyl (C=O) groups is 1. The molecule has 3 aromatic rings. The molecule has 1 heterocycles. The molecular formula is C20H22N4O2S. The van der Waals surface area contributed by atoms with Crippen LogP contribution in [0.5, 0.6) is 5.75 Å². The molecule has 1 amide bonds. The third kappa shape index (κ3) is 5.10. The summed E-state index contributed by atoms with van der Waals surface area (Å²) in [6, 6.07) is 17.9. The Morgan fingerprint density at radius 2 is 1.85 bits per heavy atom. The first kappa shape index (κ1) is 19.0. The molecule has 0 fully saturated rings. The van der Waals surface area contributed by atoms with Gasteiger partial charge in [-0.25, -0.2) is 0 Å². The summed E-state index contributed by atoms with van der Waals surface area (Å²) >= 11 is 1.29. The fraction of sp³-hybridized carbons (Fsp3) is 0.250. The summed E-state index contributed by atoms with van der Waals surface area (Å²) in [5.41, 5.74) is 7.34. The lowest BCUT2D eigenvalue weighted by molar-refractivity contribution is -0.115. The van der Waals surface area contributed by atoms with Crippen molar-refractivity contribution >= 4 is 17.7 Å². The number of thioether (sulfide) groups is 1. The first-order valence-electron chi connectivity index (χ1n) is 8.80. The predicted octanol–water partition coefficient (Wildman–Crippen LogP) is 3.22. The number of para-hydroxylation sites is 1. The van der Waals surface area contributed by atoms with Crippen molar-refractivity contribution in [2.24, 2.45) is 5.73 Å². The highest BCUT2D eigenvalue weighted by Gasteiger charge is 2.15. The van der Waals surface area contributed by atoms with Gasteiger partial charge >= 0.3 is 0 Å². The lowest BCUT2D eigenvalue weighted by Gasteiger charge is -2.10. The summed E-state index contributed by atoms with van der Waals surface area (Å²) in [5.74, 6) is 1.44. The Labute approximate surface area is 162 Å². The number of hydrogen-bond acceptors (Lipinski definition) is 5. The Kier molecular flexibility index (Phi) is 6.49. The minimum Gasteiger partial charge on any atom is -0.494 e. The summed E-state index contributed by atoms with van der Waals surface area (Å²) in [7, 11) is 0. The van der Waals surface area contributed by atoms with E-state index in [-0.39, 0.29) is 11.7 Å². The van der Waals surface area contributed by atoms with Gasteiger partial charge in [0.25, 0.3) is 0 Å². The maximum Gasteiger partial charge on any atom is 0.227 e. The second-order valence-corrected chi connectivity index (χ2v) is 6.94. The maximum absolute atomic E-state index is 11.2. The average molecular weight is 382 g/mol. The Morgan fingerprint density at radius 3 is 2.52 bits per heavy atom. The van der Waals surface area contributed by atoms with Crippen molar-refractivity contribution in [2.45, 2.75) is 24.9 Å². The van der Waals surface area contributed by atoms with Gasteiger partial charge in [-0.15, -0.1) is 10.2 Å². The van der Waals surface area contributed by atoms with Gasteiger partial charge in [-0.2, -0.15) is 0 Å². The van der Waals surface area contributed by atoms with Crippen molar-refractivity contribution in [2.75, 3.05) is 12.4 Å². The topological polar surface area (TPSA) is 83.0 Å². The van der Waals surface area contributed by atoms with Crippen LogP contribution >= 0.6 is 11.8 Å². The minimum absolute atomic E-state index is 0.161. The Balaban J connectivity index is 1.85. The van der Waals surface area contributed by atoms with Crippen molar-refractivity contribution in [3.05, 3.63) is 66.0 Å². The van der Waals surface area contributed by atoms with E-state index in [0.717, 1.165) is 29.2 Å². The van der Waals surface area contributed by atoms with E-state index in [1.54, 1.807) is 0 Å². The van der Waals surface area contributed by atoms with Crippen LogP contribution in [0.1, 0.15) is 24.7 Å². The molecule has 0 radical (unpaired) electrons. The highest BCUT2D eigenvalue weighted by molar-refractivity contribution is 7.99. The molecule has 6 nitrogen and oxygen atoms in total. The smallest absolute Gasteiger partial charge is 0.227 e. The van der Waals surface area contributed by atoms with E-state index in [0.29, 0.717) is 18.2 Å². The van der Waals surface area contributed by atoms with Crippen LogP contribution in [-0.4, -0.2) is 33.0 Å². The predicted molar refractivity (Wildman–Crippen MR) is 106 cm³/mol. The van der Waals surface area contributed by atoms with Crippen LogP contribution in [0, 0.1) is 0 Å². The largest absolute Gasteiger partial charge is 0.494 e. The molecule has 3 rings (SSSR count). The van der Waals surface area contributed by atoms with Crippen molar-refractivity contribution in [3.63, 3.8) is 0 Å². The number of aromatic nitrogens is 3. The maximum atomic E-state index is 11.2. The SMILES string of the molecule is CCCOc1ccc(Cc2nnc(SCC(N)=O)n2-c2ccccc2)cc1. The summed E-state index contributed by atoms with van der Waals surface area (Å²) in [5, 5.41) is 9.26. The molecule has 27 heavy (non-hydrogen) atoms. The Hall–Kier alpha value is -2.80. The molecule has 7 heteroatoms. The fourth-order valence-corrected chi connectivity index (χ4v) is 3.30. The number of rotatable bonds is 9. The van der Waals surface area contributed by atoms with Gasteiger partial charge in [0.2, 0.25) is 5.91 Å². The molecule has 0 aliphatic carbocycles. The van der Waals surface area contributed by atoms with E-state index >= 15 is 0 Å². The number of nitrogens with zero attached hydrogens (tertiary/aromatic N) is 3. The number of nitrogens with two attached hydrogens (primary N) is 1. The van der Waals surface area contributed by atoms with Crippen LogP contribution in [0.15, 0.2) is 59.8 Å². The van der Waals surface area contributed by atoms with Gasteiger partial charge in [0, 0.05) is 12.1 Å². The van der Waals surface area contributed by atoms with Gasteiger partial charge in [-0.3, -0.25) is 9.36 Å². The second kappa shape index (κ2) is 9.23. The van der Waals surface area contributed by atoms with Crippen LogP contribution in [0.2, 0.25) is 0 Å². The van der Waals surface area contributed by atoms with Crippen molar-refractivity contribution in [1.82, 2.24) is 14.8 Å². The highest BCUT2D eigenvalue weighted by Crippen LogP contribution is 2.24. The lowest BCUT2D eigenvalue weighted by atomic mass is 10.1. The molecular weight excluding hydrogens is 360 g/mol. The summed E-state index contributed by atoms with van der Waals surface area (Å²) < 4.78 is 7.60. The third-order valence-electron chi connectivity index (χ3n) is 3.82. The Bertz CT molecular complexity index is 879. The zero-order valence-electron chi connectivity index (χ0n) is 15.2. The van der Waals surface area contributed by atoms with E-state index in [2.05, 4.69) is 17.1 Å².